The highest BCUT2D eigenvalue weighted by Crippen LogP contribution is 2.31. The molecule has 0 aliphatic carbocycles. The molecule has 0 radical (unpaired) electrons. The number of fused-ring (bicyclic) bond motifs is 1. The first-order valence-corrected chi connectivity index (χ1v) is 11.7. The van der Waals surface area contributed by atoms with Crippen molar-refractivity contribution in [2.45, 2.75) is 25.7 Å². The standard InChI is InChI=1S/C26H23Cl2N3O/c27-20-10-7-18(8-11-20)26-23(12-14-25(32)30-15-3-4-16-30)31-17-19(9-13-24(31)29-26)21-5-1-2-6-22(21)28/h1-2,5-11,13,17H,3-4,12,14-16H2. The van der Waals surface area contributed by atoms with Gasteiger partial charge in [0.25, 0.3) is 0 Å². The number of imidazole rings is 1. The zero-order valence-electron chi connectivity index (χ0n) is 17.6. The number of carbonyl (C=O) groups excluding carboxylic acids is 1. The quantitative estimate of drug-likeness (QED) is 0.337. The number of halogens is 2. The van der Waals surface area contributed by atoms with Crippen LogP contribution in [-0.2, 0) is 11.2 Å². The molecule has 1 aliphatic rings. The van der Waals surface area contributed by atoms with Gasteiger partial charge >= 0.3 is 0 Å². The van der Waals surface area contributed by atoms with Crippen LogP contribution in [0, 0.1) is 0 Å². The Morgan fingerprint density at radius 1 is 0.906 bits per heavy atom. The van der Waals surface area contributed by atoms with Gasteiger partial charge in [-0.05, 0) is 55.2 Å². The summed E-state index contributed by atoms with van der Waals surface area (Å²) in [5, 5.41) is 1.39. The highest BCUT2D eigenvalue weighted by molar-refractivity contribution is 6.33. The third-order valence-electron chi connectivity index (χ3n) is 6.05. The zero-order valence-corrected chi connectivity index (χ0v) is 19.1. The van der Waals surface area contributed by atoms with Gasteiger partial charge in [-0.25, -0.2) is 4.98 Å². The number of amides is 1. The van der Waals surface area contributed by atoms with E-state index in [0.717, 1.165) is 59.7 Å². The number of hydrogen-bond acceptors (Lipinski definition) is 2. The lowest BCUT2D eigenvalue weighted by atomic mass is 10.1. The van der Waals surface area contributed by atoms with Gasteiger partial charge in [-0.2, -0.15) is 0 Å². The summed E-state index contributed by atoms with van der Waals surface area (Å²) in [7, 11) is 0. The summed E-state index contributed by atoms with van der Waals surface area (Å²) in [4.78, 5) is 19.6. The number of aryl methyl sites for hydroxylation is 1. The van der Waals surface area contributed by atoms with E-state index >= 15 is 0 Å². The monoisotopic (exact) mass is 463 g/mol. The first-order valence-electron chi connectivity index (χ1n) is 10.9. The van der Waals surface area contributed by atoms with Crippen molar-refractivity contribution in [2.75, 3.05) is 13.1 Å². The molecule has 0 saturated carbocycles. The summed E-state index contributed by atoms with van der Waals surface area (Å²) in [6.07, 6.45) is 5.33. The van der Waals surface area contributed by atoms with Crippen LogP contribution in [0.1, 0.15) is 25.0 Å². The van der Waals surface area contributed by atoms with E-state index < -0.39 is 0 Å². The van der Waals surface area contributed by atoms with Crippen molar-refractivity contribution in [2.24, 2.45) is 0 Å². The summed E-state index contributed by atoms with van der Waals surface area (Å²) in [6, 6.07) is 19.5. The number of pyridine rings is 1. The van der Waals surface area contributed by atoms with Crippen LogP contribution in [0.25, 0.3) is 28.0 Å². The highest BCUT2D eigenvalue weighted by Gasteiger charge is 2.21. The number of carbonyl (C=O) groups is 1. The number of benzene rings is 2. The lowest BCUT2D eigenvalue weighted by molar-refractivity contribution is -0.130. The summed E-state index contributed by atoms with van der Waals surface area (Å²) < 4.78 is 2.10. The van der Waals surface area contributed by atoms with E-state index in [4.69, 9.17) is 28.2 Å². The van der Waals surface area contributed by atoms with E-state index in [0.29, 0.717) is 22.9 Å². The second-order valence-electron chi connectivity index (χ2n) is 8.13. The van der Waals surface area contributed by atoms with Crippen LogP contribution in [0.3, 0.4) is 0 Å². The van der Waals surface area contributed by atoms with Crippen molar-refractivity contribution >= 4 is 34.8 Å². The maximum atomic E-state index is 12.8. The molecule has 162 valence electrons. The Balaban J connectivity index is 1.58. The van der Waals surface area contributed by atoms with Crippen molar-refractivity contribution in [1.82, 2.24) is 14.3 Å². The fourth-order valence-electron chi connectivity index (χ4n) is 4.38. The van der Waals surface area contributed by atoms with Gasteiger partial charge in [0.15, 0.2) is 0 Å². The van der Waals surface area contributed by atoms with Crippen molar-refractivity contribution in [1.29, 1.82) is 0 Å². The molecule has 1 saturated heterocycles. The SMILES string of the molecule is O=C(CCc1c(-c2ccc(Cl)cc2)nc2ccc(-c3ccccc3Cl)cn12)N1CCCC1. The third-order valence-corrected chi connectivity index (χ3v) is 6.64. The number of likely N-dealkylation sites (tertiary alicyclic amines) is 1. The Morgan fingerprint density at radius 2 is 1.62 bits per heavy atom. The molecule has 5 rings (SSSR count). The average Bonchev–Trinajstić information content (AvgIpc) is 3.46. The highest BCUT2D eigenvalue weighted by atomic mass is 35.5. The fraction of sp³-hybridized carbons (Fsp3) is 0.231. The minimum absolute atomic E-state index is 0.210. The first-order chi connectivity index (χ1) is 15.6. The number of nitrogens with zero attached hydrogens (tertiary/aromatic N) is 3. The van der Waals surface area contributed by atoms with Crippen LogP contribution in [-0.4, -0.2) is 33.3 Å². The predicted octanol–water partition coefficient (Wildman–Crippen LogP) is 6.53. The molecule has 0 atom stereocenters. The van der Waals surface area contributed by atoms with Gasteiger partial charge in [0.1, 0.15) is 5.65 Å². The minimum Gasteiger partial charge on any atom is -0.343 e. The van der Waals surface area contributed by atoms with E-state index in [-0.39, 0.29) is 5.91 Å². The second kappa shape index (κ2) is 8.97. The molecule has 3 heterocycles. The van der Waals surface area contributed by atoms with Crippen LogP contribution < -0.4 is 0 Å². The Kier molecular flexibility index (Phi) is 5.90. The van der Waals surface area contributed by atoms with E-state index in [1.807, 2.05) is 65.6 Å². The van der Waals surface area contributed by atoms with E-state index in [9.17, 15) is 4.79 Å². The molecule has 2 aromatic heterocycles. The summed E-state index contributed by atoms with van der Waals surface area (Å²) >= 11 is 12.6. The van der Waals surface area contributed by atoms with Crippen molar-refractivity contribution < 1.29 is 4.79 Å². The molecule has 6 heteroatoms. The largest absolute Gasteiger partial charge is 0.343 e. The molecule has 1 amide bonds. The Morgan fingerprint density at radius 3 is 2.38 bits per heavy atom. The van der Waals surface area contributed by atoms with Crippen molar-refractivity contribution in [3.63, 3.8) is 0 Å². The summed E-state index contributed by atoms with van der Waals surface area (Å²) in [5.74, 6) is 0.210. The maximum absolute atomic E-state index is 12.8. The van der Waals surface area contributed by atoms with Gasteiger partial charge in [0.2, 0.25) is 5.91 Å². The van der Waals surface area contributed by atoms with Gasteiger partial charge in [-0.1, -0.05) is 53.5 Å². The lowest BCUT2D eigenvalue weighted by Gasteiger charge is -2.15. The number of rotatable bonds is 5. The van der Waals surface area contributed by atoms with E-state index in [1.54, 1.807) is 0 Å². The Bertz CT molecular complexity index is 1270. The average molecular weight is 464 g/mol. The normalized spacial score (nSPS) is 13.8. The first kappa shape index (κ1) is 21.0. The molecule has 4 nitrogen and oxygen atoms in total. The van der Waals surface area contributed by atoms with Crippen LogP contribution in [0.2, 0.25) is 10.0 Å². The number of hydrogen-bond donors (Lipinski definition) is 0. The van der Waals surface area contributed by atoms with Gasteiger partial charge < -0.3 is 9.30 Å². The number of aromatic nitrogens is 2. The second-order valence-corrected chi connectivity index (χ2v) is 8.97. The van der Waals surface area contributed by atoms with Gasteiger partial charge in [-0.15, -0.1) is 0 Å². The Labute approximate surface area is 197 Å². The van der Waals surface area contributed by atoms with Crippen LogP contribution in [0.15, 0.2) is 66.9 Å². The molecule has 0 unspecified atom stereocenters. The molecule has 0 spiro atoms. The molecule has 1 fully saturated rings. The van der Waals surface area contributed by atoms with Gasteiger partial charge in [-0.3, -0.25) is 4.79 Å². The molecular weight excluding hydrogens is 441 g/mol. The summed E-state index contributed by atoms with van der Waals surface area (Å²) in [6.45, 7) is 1.74. The molecule has 0 bridgehead atoms. The maximum Gasteiger partial charge on any atom is 0.222 e. The molecule has 0 N–H and O–H groups in total. The molecule has 2 aromatic carbocycles. The topological polar surface area (TPSA) is 37.6 Å². The van der Waals surface area contributed by atoms with Crippen LogP contribution in [0.4, 0.5) is 0 Å². The fourth-order valence-corrected chi connectivity index (χ4v) is 4.75. The summed E-state index contributed by atoms with van der Waals surface area (Å²) in [5.41, 5.74) is 5.71. The van der Waals surface area contributed by atoms with Crippen molar-refractivity contribution in [3.05, 3.63) is 82.6 Å². The van der Waals surface area contributed by atoms with E-state index in [2.05, 4.69) is 10.6 Å². The van der Waals surface area contributed by atoms with Crippen molar-refractivity contribution in [3.8, 4) is 22.4 Å². The van der Waals surface area contributed by atoms with E-state index in [1.165, 1.54) is 0 Å². The smallest absolute Gasteiger partial charge is 0.222 e. The predicted molar refractivity (Wildman–Crippen MR) is 130 cm³/mol. The third kappa shape index (κ3) is 4.13. The molecule has 1 aliphatic heterocycles. The van der Waals surface area contributed by atoms with Crippen LogP contribution in [0.5, 0.6) is 0 Å². The lowest BCUT2D eigenvalue weighted by Crippen LogP contribution is -2.27. The Hall–Kier alpha value is -2.82. The molecule has 32 heavy (non-hydrogen) atoms. The van der Waals surface area contributed by atoms with Gasteiger partial charge in [0.05, 0.1) is 11.4 Å². The van der Waals surface area contributed by atoms with Crippen LogP contribution >= 0.6 is 23.2 Å². The molecule has 4 aromatic rings. The zero-order chi connectivity index (χ0) is 22.1. The van der Waals surface area contributed by atoms with Gasteiger partial charge in [0, 0.05) is 46.9 Å². The molecular formula is C26H23Cl2N3O. The minimum atomic E-state index is 0.210.